The Kier molecular flexibility index (Phi) is 1.89. The van der Waals surface area contributed by atoms with E-state index in [9.17, 15) is 4.79 Å². The van der Waals surface area contributed by atoms with Crippen LogP contribution in [-0.4, -0.2) is 20.7 Å². The summed E-state index contributed by atoms with van der Waals surface area (Å²) in [7, 11) is 0. The second-order valence-electron chi connectivity index (χ2n) is 1.65. The van der Waals surface area contributed by atoms with Gasteiger partial charge < -0.3 is 0 Å². The first-order valence-corrected chi connectivity index (χ1v) is 4.91. The average Bonchev–Trinajstić information content (AvgIpc) is 1.69. The fourth-order valence-corrected chi connectivity index (χ4v) is 2.59. The van der Waals surface area contributed by atoms with Crippen LogP contribution < -0.4 is 0 Å². The van der Waals surface area contributed by atoms with Gasteiger partial charge in [-0.3, -0.25) is 0 Å². The fourth-order valence-electron chi connectivity index (χ4n) is 0.599. The van der Waals surface area contributed by atoms with Crippen molar-refractivity contribution in [3.05, 3.63) is 0 Å². The molecule has 0 amide bonds. The van der Waals surface area contributed by atoms with Crippen molar-refractivity contribution in [3.63, 3.8) is 0 Å². The van der Waals surface area contributed by atoms with E-state index in [4.69, 9.17) is 0 Å². The molecule has 0 aliphatic carbocycles. The van der Waals surface area contributed by atoms with Crippen LogP contribution in [0, 0.1) is 0 Å². The van der Waals surface area contributed by atoms with E-state index in [2.05, 4.69) is 0 Å². The summed E-state index contributed by atoms with van der Waals surface area (Å²) in [6, 6.07) is 0. The zero-order valence-electron chi connectivity index (χ0n) is 4.14. The predicted molar refractivity (Wildman–Crippen MR) is 29.6 cm³/mol. The molecule has 40 valence electrons. The van der Waals surface area contributed by atoms with Gasteiger partial charge >= 0.3 is 49.0 Å². The third-order valence-corrected chi connectivity index (χ3v) is 3.12. The van der Waals surface area contributed by atoms with Crippen molar-refractivity contribution < 1.29 is 4.79 Å². The molecule has 1 aliphatic heterocycles. The third-order valence-electron chi connectivity index (χ3n) is 1.05. The van der Waals surface area contributed by atoms with Gasteiger partial charge in [0.05, 0.1) is 0 Å². The van der Waals surface area contributed by atoms with Gasteiger partial charge in [0.25, 0.3) is 0 Å². The number of hydrogen-bond acceptors (Lipinski definition) is 1. The molecule has 7 heavy (non-hydrogen) atoms. The first-order valence-electron chi connectivity index (χ1n) is 2.49. The van der Waals surface area contributed by atoms with E-state index >= 15 is 0 Å². The van der Waals surface area contributed by atoms with E-state index in [0.717, 1.165) is 27.8 Å². The zero-order chi connectivity index (χ0) is 5.11. The van der Waals surface area contributed by atoms with E-state index in [1.165, 1.54) is 10.6 Å². The van der Waals surface area contributed by atoms with Crippen LogP contribution in [0.25, 0.3) is 0 Å². The molecular weight excluding hydrogens is 155 g/mol. The van der Waals surface area contributed by atoms with Crippen LogP contribution in [0.1, 0.15) is 12.8 Å². The summed E-state index contributed by atoms with van der Waals surface area (Å²) in [6.07, 6.45) is 1.75. The third kappa shape index (κ3) is 1.62. The van der Waals surface area contributed by atoms with Gasteiger partial charge in [-0.05, 0) is 0 Å². The first-order chi connectivity index (χ1) is 3.39. The molecule has 0 bridgehead atoms. The molecule has 1 saturated heterocycles. The van der Waals surface area contributed by atoms with Gasteiger partial charge in [-0.1, -0.05) is 0 Å². The second-order valence-corrected chi connectivity index (χ2v) is 4.22. The van der Waals surface area contributed by atoms with Crippen molar-refractivity contribution in [2.24, 2.45) is 0 Å². The number of carbonyl (C=O) groups excluding carboxylic acids is 1. The molecule has 0 radical (unpaired) electrons. The van der Waals surface area contributed by atoms with E-state index < -0.39 is 0 Å². The second kappa shape index (κ2) is 2.49. The summed E-state index contributed by atoms with van der Waals surface area (Å²) in [4.78, 5) is 10.5. The summed E-state index contributed by atoms with van der Waals surface area (Å²) in [5.41, 5.74) is 0. The molecule has 1 nitrogen and oxygen atoms in total. The monoisotopic (exact) mass is 164 g/mol. The van der Waals surface area contributed by atoms with Crippen LogP contribution in [0.4, 0.5) is 0 Å². The summed E-state index contributed by atoms with van der Waals surface area (Å²) in [6.45, 7) is 0. The topological polar surface area (TPSA) is 17.1 Å². The molecule has 0 aromatic heterocycles. The van der Waals surface area contributed by atoms with Crippen molar-refractivity contribution in [1.82, 2.24) is 0 Å². The Hall–Kier alpha value is 0.189. The van der Waals surface area contributed by atoms with Crippen molar-refractivity contribution in [2.45, 2.75) is 23.5 Å². The Balaban J connectivity index is 2.25. The van der Waals surface area contributed by atoms with Gasteiger partial charge in [0, 0.05) is 0 Å². The van der Waals surface area contributed by atoms with Crippen LogP contribution in [0.15, 0.2) is 0 Å². The quantitative estimate of drug-likeness (QED) is 0.484. The van der Waals surface area contributed by atoms with E-state index in [1.54, 1.807) is 0 Å². The normalized spacial score (nSPS) is 22.6. The Morgan fingerprint density at radius 1 is 1.29 bits per heavy atom. The molecule has 0 aromatic carbocycles. The van der Waals surface area contributed by atoms with Crippen LogP contribution in [0.2, 0.25) is 10.6 Å². The van der Waals surface area contributed by atoms with Crippen LogP contribution in [0.5, 0.6) is 0 Å². The number of carbonyl (C=O) groups is 1. The number of Topliss-reactive ketones (excluding diaryl/α,β-unsaturated/α-hetero) is 1. The maximum atomic E-state index is 10.5. The number of rotatable bonds is 0. The standard InChI is InChI=1S/C5H8OSe/c6-5-1-3-7-4-2-5/h1-4H2. The molecule has 0 saturated carbocycles. The molecule has 0 spiro atoms. The zero-order valence-corrected chi connectivity index (χ0v) is 5.86. The fraction of sp³-hybridized carbons (Fsp3) is 0.800. The van der Waals surface area contributed by atoms with Crippen LogP contribution in [0.3, 0.4) is 0 Å². The molecule has 0 unspecified atom stereocenters. The van der Waals surface area contributed by atoms with Crippen molar-refractivity contribution in [2.75, 3.05) is 0 Å². The molecule has 1 heterocycles. The van der Waals surface area contributed by atoms with E-state index in [0.29, 0.717) is 5.78 Å². The van der Waals surface area contributed by atoms with E-state index in [1.807, 2.05) is 0 Å². The Morgan fingerprint density at radius 2 is 1.86 bits per heavy atom. The molecule has 2 heteroatoms. The predicted octanol–water partition coefficient (Wildman–Crippen LogP) is 0.890. The summed E-state index contributed by atoms with van der Waals surface area (Å²) >= 11 is 0.813. The molecule has 0 atom stereocenters. The van der Waals surface area contributed by atoms with Crippen LogP contribution in [-0.2, 0) is 4.79 Å². The van der Waals surface area contributed by atoms with Gasteiger partial charge in [0.2, 0.25) is 0 Å². The molecule has 0 N–H and O–H groups in total. The Labute approximate surface area is 49.6 Å². The van der Waals surface area contributed by atoms with Gasteiger partial charge in [-0.15, -0.1) is 0 Å². The maximum absolute atomic E-state index is 10.5. The molecular formula is C5H8OSe. The summed E-state index contributed by atoms with van der Waals surface area (Å²) in [5.74, 6) is 0.480. The minimum atomic E-state index is 0.480. The molecule has 1 rings (SSSR count). The average molecular weight is 163 g/mol. The minimum absolute atomic E-state index is 0.480. The van der Waals surface area contributed by atoms with Gasteiger partial charge in [0.1, 0.15) is 0 Å². The van der Waals surface area contributed by atoms with E-state index in [-0.39, 0.29) is 0 Å². The molecule has 1 fully saturated rings. The van der Waals surface area contributed by atoms with Crippen molar-refractivity contribution in [3.8, 4) is 0 Å². The summed E-state index contributed by atoms with van der Waals surface area (Å²) < 4.78 is 0. The Bertz CT molecular complexity index is 72.1. The van der Waals surface area contributed by atoms with Gasteiger partial charge in [-0.25, -0.2) is 0 Å². The Morgan fingerprint density at radius 3 is 2.14 bits per heavy atom. The van der Waals surface area contributed by atoms with Crippen LogP contribution >= 0.6 is 0 Å². The first kappa shape index (κ1) is 5.33. The number of hydrogen-bond donors (Lipinski definition) is 0. The molecule has 1 aliphatic rings. The molecule has 0 aromatic rings. The van der Waals surface area contributed by atoms with Gasteiger partial charge in [0.15, 0.2) is 0 Å². The number of ketones is 1. The SMILES string of the molecule is O=C1CC[Se]CC1. The van der Waals surface area contributed by atoms with Crippen molar-refractivity contribution in [1.29, 1.82) is 0 Å². The van der Waals surface area contributed by atoms with Crippen molar-refractivity contribution >= 4 is 20.7 Å². The van der Waals surface area contributed by atoms with Gasteiger partial charge in [-0.2, -0.15) is 0 Å². The summed E-state index contributed by atoms with van der Waals surface area (Å²) in [5, 5.41) is 2.40.